The lowest BCUT2D eigenvalue weighted by Crippen LogP contribution is -2.40. The second-order valence-electron chi connectivity index (χ2n) is 6.72. The third-order valence-electron chi connectivity index (χ3n) is 4.19. The van der Waals surface area contributed by atoms with Gasteiger partial charge in [-0.3, -0.25) is 4.79 Å². The lowest BCUT2D eigenvalue weighted by atomic mass is 9.92. The second-order valence-corrected chi connectivity index (χ2v) is 6.72. The van der Waals surface area contributed by atoms with E-state index in [4.69, 9.17) is 4.74 Å². The molecule has 0 aliphatic carbocycles. The number of rotatable bonds is 6. The monoisotopic (exact) mass is 391 g/mol. The maximum atomic E-state index is 12.5. The lowest BCUT2D eigenvalue weighted by Gasteiger charge is -2.27. The van der Waals surface area contributed by atoms with Crippen LogP contribution in [0.5, 0.6) is 5.75 Å². The minimum absolute atomic E-state index is 0. The first-order chi connectivity index (χ1) is 11.0. The molecule has 1 amide bonds. The number of likely N-dealkylation sites (N-methyl/N-ethyl adjacent to an activating group) is 1. The van der Waals surface area contributed by atoms with Crippen molar-refractivity contribution in [3.8, 4) is 5.75 Å². The number of piperidine rings is 1. The van der Waals surface area contributed by atoms with Crippen LogP contribution in [0.2, 0.25) is 0 Å². The Bertz CT molecular complexity index is 541. The predicted molar refractivity (Wildman–Crippen MR) is 109 cm³/mol. The van der Waals surface area contributed by atoms with Gasteiger partial charge in [0.05, 0.1) is 5.69 Å². The summed E-state index contributed by atoms with van der Waals surface area (Å²) in [4.78, 5) is 14.6. The normalized spacial score (nSPS) is 19.6. The van der Waals surface area contributed by atoms with Gasteiger partial charge in [-0.05, 0) is 65.0 Å². The van der Waals surface area contributed by atoms with Gasteiger partial charge in [0.25, 0.3) is 0 Å². The van der Waals surface area contributed by atoms with E-state index in [2.05, 4.69) is 22.5 Å². The van der Waals surface area contributed by atoms with Crippen LogP contribution in [0.4, 0.5) is 5.69 Å². The number of ether oxygens (including phenoxy) is 1. The van der Waals surface area contributed by atoms with Crippen molar-refractivity contribution in [2.24, 2.45) is 5.92 Å². The largest absolute Gasteiger partial charge is 0.490 e. The Morgan fingerprint density at radius 1 is 1.36 bits per heavy atom. The molecular weight excluding hydrogens is 361 g/mol. The van der Waals surface area contributed by atoms with Gasteiger partial charge in [-0.1, -0.05) is 6.07 Å². The number of carbonyl (C=O) groups excluding carboxylic acids is 1. The van der Waals surface area contributed by atoms with E-state index < -0.39 is 0 Å². The molecule has 0 unspecified atom stereocenters. The van der Waals surface area contributed by atoms with Crippen molar-refractivity contribution in [2.75, 3.05) is 39.1 Å². The zero-order valence-corrected chi connectivity index (χ0v) is 17.1. The van der Waals surface area contributed by atoms with Crippen molar-refractivity contribution < 1.29 is 9.53 Å². The molecule has 0 bridgehead atoms. The van der Waals surface area contributed by atoms with Crippen LogP contribution in [0.3, 0.4) is 0 Å². The average molecular weight is 392 g/mol. The highest BCUT2D eigenvalue weighted by molar-refractivity contribution is 5.94. The summed E-state index contributed by atoms with van der Waals surface area (Å²) in [7, 11) is 4.03. The Morgan fingerprint density at radius 2 is 2.08 bits per heavy atom. The first-order valence-corrected chi connectivity index (χ1v) is 8.38. The summed E-state index contributed by atoms with van der Waals surface area (Å²) < 4.78 is 5.87. The Labute approximate surface area is 163 Å². The van der Waals surface area contributed by atoms with Crippen LogP contribution in [0.25, 0.3) is 0 Å². The van der Waals surface area contributed by atoms with E-state index in [1.807, 2.05) is 39.2 Å². The lowest BCUT2D eigenvalue weighted by molar-refractivity contribution is -0.120. The van der Waals surface area contributed by atoms with Crippen molar-refractivity contribution >= 4 is 36.4 Å². The fourth-order valence-corrected chi connectivity index (χ4v) is 2.80. The molecule has 0 aromatic heterocycles. The molecule has 2 rings (SSSR count). The molecule has 0 spiro atoms. The van der Waals surface area contributed by atoms with E-state index in [0.29, 0.717) is 12.6 Å². The smallest absolute Gasteiger partial charge is 0.227 e. The number of carbonyl (C=O) groups is 1. The van der Waals surface area contributed by atoms with E-state index in [1.165, 1.54) is 0 Å². The third kappa shape index (κ3) is 7.82. The molecule has 1 fully saturated rings. The molecule has 1 aromatic rings. The maximum Gasteiger partial charge on any atom is 0.227 e. The number of nitrogens with zero attached hydrogens (tertiary/aromatic N) is 1. The summed E-state index contributed by atoms with van der Waals surface area (Å²) in [6, 6.07) is 6.31. The molecule has 0 saturated carbocycles. The number of nitrogens with one attached hydrogen (secondary N) is 2. The molecule has 1 aliphatic rings. The van der Waals surface area contributed by atoms with Crippen molar-refractivity contribution in [1.82, 2.24) is 10.2 Å². The molecule has 144 valence electrons. The van der Waals surface area contributed by atoms with Crippen molar-refractivity contribution in [2.45, 2.75) is 32.7 Å². The topological polar surface area (TPSA) is 53.6 Å². The molecule has 1 saturated heterocycles. The molecule has 1 aromatic carbocycles. The zero-order valence-electron chi connectivity index (χ0n) is 15.5. The van der Waals surface area contributed by atoms with E-state index in [9.17, 15) is 4.79 Å². The number of halogens is 2. The first-order valence-electron chi connectivity index (χ1n) is 8.38. The minimum atomic E-state index is 0. The van der Waals surface area contributed by atoms with Gasteiger partial charge in [0.15, 0.2) is 0 Å². The zero-order chi connectivity index (χ0) is 16.8. The Hall–Kier alpha value is -1.01. The van der Waals surface area contributed by atoms with E-state index in [-0.39, 0.29) is 36.6 Å². The number of anilines is 1. The molecule has 25 heavy (non-hydrogen) atoms. The van der Waals surface area contributed by atoms with Crippen LogP contribution in [0.1, 0.15) is 25.3 Å². The van der Waals surface area contributed by atoms with Crippen molar-refractivity contribution in [3.05, 3.63) is 23.8 Å². The number of amides is 1. The summed E-state index contributed by atoms with van der Waals surface area (Å²) in [5, 5.41) is 6.44. The molecule has 5 nitrogen and oxygen atoms in total. The van der Waals surface area contributed by atoms with Crippen molar-refractivity contribution in [1.29, 1.82) is 0 Å². The van der Waals surface area contributed by atoms with E-state index >= 15 is 0 Å². The minimum Gasteiger partial charge on any atom is -0.490 e. The van der Waals surface area contributed by atoms with Gasteiger partial charge in [-0.15, -0.1) is 24.8 Å². The van der Waals surface area contributed by atoms with Gasteiger partial charge in [0.1, 0.15) is 12.4 Å². The predicted octanol–water partition coefficient (Wildman–Crippen LogP) is 3.11. The highest BCUT2D eigenvalue weighted by Gasteiger charge is 2.25. The number of benzene rings is 1. The summed E-state index contributed by atoms with van der Waals surface area (Å²) in [5.74, 6) is 0.920. The maximum absolute atomic E-state index is 12.5. The molecular formula is C18H31Cl2N3O2. The van der Waals surface area contributed by atoms with Gasteiger partial charge < -0.3 is 20.3 Å². The Balaban J connectivity index is 0.00000288. The molecule has 2 atom stereocenters. The standard InChI is InChI=1S/C18H29N3O2.2ClH/c1-13-5-6-16(17(11-13)23-10-9-21(3)4)20-18(22)15-7-8-19-14(2)12-15;;/h5-6,11,14-15,19H,7-10,12H2,1-4H3,(H,20,22);2*1H/t14-,15-;;/m0../s1. The van der Waals surface area contributed by atoms with Crippen LogP contribution in [-0.4, -0.2) is 50.6 Å². The Kier molecular flexibility index (Phi) is 11.1. The SMILES string of the molecule is Cc1ccc(NC(=O)[C@H]2CCN[C@@H](C)C2)c(OCCN(C)C)c1.Cl.Cl. The van der Waals surface area contributed by atoms with Gasteiger partial charge in [0, 0.05) is 18.5 Å². The van der Waals surface area contributed by atoms with E-state index in [1.54, 1.807) is 0 Å². The number of hydrogen-bond acceptors (Lipinski definition) is 4. The fraction of sp³-hybridized carbons (Fsp3) is 0.611. The highest BCUT2D eigenvalue weighted by atomic mass is 35.5. The third-order valence-corrected chi connectivity index (χ3v) is 4.19. The number of aryl methyl sites for hydroxylation is 1. The summed E-state index contributed by atoms with van der Waals surface area (Å²) in [6.07, 6.45) is 1.77. The van der Waals surface area contributed by atoms with Crippen LogP contribution >= 0.6 is 24.8 Å². The van der Waals surface area contributed by atoms with Crippen LogP contribution < -0.4 is 15.4 Å². The van der Waals surface area contributed by atoms with Crippen LogP contribution in [0, 0.1) is 12.8 Å². The molecule has 7 heteroatoms. The summed E-state index contributed by atoms with van der Waals surface area (Å²) in [5.41, 5.74) is 1.89. The summed E-state index contributed by atoms with van der Waals surface area (Å²) >= 11 is 0. The van der Waals surface area contributed by atoms with Crippen molar-refractivity contribution in [3.63, 3.8) is 0 Å². The second kappa shape index (κ2) is 11.6. The molecule has 2 N–H and O–H groups in total. The van der Waals surface area contributed by atoms with E-state index in [0.717, 1.165) is 42.9 Å². The van der Waals surface area contributed by atoms with Crippen LogP contribution in [-0.2, 0) is 4.79 Å². The molecule has 1 aliphatic heterocycles. The van der Waals surface area contributed by atoms with Gasteiger partial charge in [-0.25, -0.2) is 0 Å². The number of hydrogen-bond donors (Lipinski definition) is 2. The van der Waals surface area contributed by atoms with Gasteiger partial charge in [-0.2, -0.15) is 0 Å². The highest BCUT2D eigenvalue weighted by Crippen LogP contribution is 2.27. The fourth-order valence-electron chi connectivity index (χ4n) is 2.80. The summed E-state index contributed by atoms with van der Waals surface area (Å²) in [6.45, 7) is 6.50. The Morgan fingerprint density at radius 3 is 2.72 bits per heavy atom. The van der Waals surface area contributed by atoms with Gasteiger partial charge in [0.2, 0.25) is 5.91 Å². The molecule has 0 radical (unpaired) electrons. The quantitative estimate of drug-likeness (QED) is 0.781. The van der Waals surface area contributed by atoms with Gasteiger partial charge >= 0.3 is 0 Å². The first kappa shape index (κ1) is 24.0. The van der Waals surface area contributed by atoms with Crippen LogP contribution in [0.15, 0.2) is 18.2 Å². The average Bonchev–Trinajstić information content (AvgIpc) is 2.49. The molecule has 1 heterocycles.